The van der Waals surface area contributed by atoms with Gasteiger partial charge >= 0.3 is 0 Å². The van der Waals surface area contributed by atoms with Gasteiger partial charge in [-0.05, 0) is 19.1 Å². The van der Waals surface area contributed by atoms with Crippen LogP contribution in [0.15, 0.2) is 16.7 Å². The number of nitrogens with one attached hydrogen (secondary N) is 2. The first-order chi connectivity index (χ1) is 11.3. The normalized spacial score (nSPS) is 10.5. The first-order valence-corrected chi connectivity index (χ1v) is 7.01. The molecule has 1 aromatic carbocycles. The predicted octanol–water partition coefficient (Wildman–Crippen LogP) is 2.33. The first kappa shape index (κ1) is 17.5. The molecule has 0 spiro atoms. The SMILES string of the molecule is CCc1onc(C)c1C(=O)NCC(=O)Nc1ccc(F)c(F)c1F. The van der Waals surface area contributed by atoms with Crippen LogP contribution in [0.3, 0.4) is 0 Å². The average Bonchev–Trinajstić information content (AvgIpc) is 2.94. The summed E-state index contributed by atoms with van der Waals surface area (Å²) in [5.41, 5.74) is 0.0734. The number of halogens is 3. The molecule has 0 radical (unpaired) electrons. The molecule has 0 saturated heterocycles. The van der Waals surface area contributed by atoms with Crippen molar-refractivity contribution in [1.82, 2.24) is 10.5 Å². The van der Waals surface area contributed by atoms with Crippen LogP contribution in [-0.2, 0) is 11.2 Å². The monoisotopic (exact) mass is 341 g/mol. The fraction of sp³-hybridized carbons (Fsp3) is 0.267. The van der Waals surface area contributed by atoms with Gasteiger partial charge in [-0.2, -0.15) is 0 Å². The molecule has 2 N–H and O–H groups in total. The van der Waals surface area contributed by atoms with Crippen LogP contribution in [0.4, 0.5) is 18.9 Å². The number of hydrogen-bond acceptors (Lipinski definition) is 4. The molecule has 9 heteroatoms. The van der Waals surface area contributed by atoms with E-state index >= 15 is 0 Å². The van der Waals surface area contributed by atoms with E-state index in [-0.39, 0.29) is 5.56 Å². The molecular weight excluding hydrogens is 327 g/mol. The molecule has 0 unspecified atom stereocenters. The van der Waals surface area contributed by atoms with Crippen LogP contribution in [0.5, 0.6) is 0 Å². The van der Waals surface area contributed by atoms with Gasteiger partial charge < -0.3 is 15.2 Å². The highest BCUT2D eigenvalue weighted by molar-refractivity contribution is 6.00. The third-order valence-corrected chi connectivity index (χ3v) is 3.20. The molecule has 2 rings (SSSR count). The molecule has 24 heavy (non-hydrogen) atoms. The molecule has 0 saturated carbocycles. The average molecular weight is 341 g/mol. The third kappa shape index (κ3) is 3.55. The van der Waals surface area contributed by atoms with Gasteiger partial charge in [0.05, 0.1) is 17.9 Å². The minimum Gasteiger partial charge on any atom is -0.360 e. The molecular formula is C15H14F3N3O3. The van der Waals surface area contributed by atoms with E-state index in [2.05, 4.69) is 10.5 Å². The fourth-order valence-electron chi connectivity index (χ4n) is 2.01. The van der Waals surface area contributed by atoms with Crippen LogP contribution in [0.25, 0.3) is 0 Å². The lowest BCUT2D eigenvalue weighted by Crippen LogP contribution is -2.33. The second-order valence-corrected chi connectivity index (χ2v) is 4.87. The van der Waals surface area contributed by atoms with E-state index in [1.54, 1.807) is 13.8 Å². The van der Waals surface area contributed by atoms with Gasteiger partial charge in [0.25, 0.3) is 5.91 Å². The number of carbonyl (C=O) groups is 2. The summed E-state index contributed by atoms with van der Waals surface area (Å²) in [6.07, 6.45) is 0.440. The van der Waals surface area contributed by atoms with Crippen LogP contribution in [0, 0.1) is 24.4 Å². The second kappa shape index (κ2) is 7.16. The molecule has 2 amide bonds. The summed E-state index contributed by atoms with van der Waals surface area (Å²) in [6, 6.07) is 1.56. The summed E-state index contributed by atoms with van der Waals surface area (Å²) in [5.74, 6) is -5.58. The van der Waals surface area contributed by atoms with Crippen molar-refractivity contribution in [2.75, 3.05) is 11.9 Å². The van der Waals surface area contributed by atoms with Crippen molar-refractivity contribution in [3.63, 3.8) is 0 Å². The van der Waals surface area contributed by atoms with Gasteiger partial charge in [0.1, 0.15) is 11.3 Å². The van der Waals surface area contributed by atoms with Crippen LogP contribution in [-0.4, -0.2) is 23.5 Å². The Kier molecular flexibility index (Phi) is 5.22. The molecule has 0 fully saturated rings. The van der Waals surface area contributed by atoms with E-state index in [4.69, 9.17) is 4.52 Å². The Morgan fingerprint density at radius 1 is 1.21 bits per heavy atom. The molecule has 2 aromatic rings. The summed E-state index contributed by atoms with van der Waals surface area (Å²) in [6.45, 7) is 2.86. The van der Waals surface area contributed by atoms with E-state index in [0.29, 0.717) is 23.9 Å². The second-order valence-electron chi connectivity index (χ2n) is 4.87. The summed E-state index contributed by atoms with van der Waals surface area (Å²) >= 11 is 0. The Hall–Kier alpha value is -2.84. The van der Waals surface area contributed by atoms with Gasteiger partial charge in [0.2, 0.25) is 5.91 Å². The van der Waals surface area contributed by atoms with E-state index in [9.17, 15) is 22.8 Å². The number of amides is 2. The number of anilines is 1. The van der Waals surface area contributed by atoms with Gasteiger partial charge in [0.15, 0.2) is 17.5 Å². The molecule has 0 aliphatic rings. The van der Waals surface area contributed by atoms with Crippen molar-refractivity contribution >= 4 is 17.5 Å². The predicted molar refractivity (Wildman–Crippen MR) is 77.9 cm³/mol. The number of nitrogens with zero attached hydrogens (tertiary/aromatic N) is 1. The molecule has 128 valence electrons. The number of rotatable bonds is 5. The van der Waals surface area contributed by atoms with Gasteiger partial charge in [-0.25, -0.2) is 13.2 Å². The fourth-order valence-corrected chi connectivity index (χ4v) is 2.01. The largest absolute Gasteiger partial charge is 0.360 e. The molecule has 0 atom stereocenters. The number of hydrogen-bond donors (Lipinski definition) is 2. The molecule has 0 aliphatic carbocycles. The Morgan fingerprint density at radius 2 is 1.92 bits per heavy atom. The van der Waals surface area contributed by atoms with Crippen LogP contribution in [0.1, 0.15) is 28.7 Å². The van der Waals surface area contributed by atoms with Gasteiger partial charge in [-0.3, -0.25) is 9.59 Å². The van der Waals surface area contributed by atoms with Gasteiger partial charge in [-0.15, -0.1) is 0 Å². The Labute approximate surface area is 135 Å². The van der Waals surface area contributed by atoms with Crippen LogP contribution in [0.2, 0.25) is 0 Å². The molecule has 0 aliphatic heterocycles. The lowest BCUT2D eigenvalue weighted by Gasteiger charge is -2.08. The number of aryl methyl sites for hydroxylation is 2. The lowest BCUT2D eigenvalue weighted by molar-refractivity contribution is -0.115. The summed E-state index contributed by atoms with van der Waals surface area (Å²) in [7, 11) is 0. The standard InChI is InChI=1S/C15H14F3N3O3/c1-3-10-12(7(2)21-24-10)15(23)19-6-11(22)20-9-5-4-8(16)13(17)14(9)18/h4-5H,3,6H2,1-2H3,(H,19,23)(H,20,22). The van der Waals surface area contributed by atoms with Crippen molar-refractivity contribution in [2.45, 2.75) is 20.3 Å². The number of carbonyl (C=O) groups excluding carboxylic acids is 2. The van der Waals surface area contributed by atoms with E-state index in [1.807, 2.05) is 5.32 Å². The molecule has 1 aromatic heterocycles. The van der Waals surface area contributed by atoms with Crippen molar-refractivity contribution in [3.05, 3.63) is 46.6 Å². The van der Waals surface area contributed by atoms with Crippen molar-refractivity contribution < 1.29 is 27.3 Å². The highest BCUT2D eigenvalue weighted by Gasteiger charge is 2.20. The van der Waals surface area contributed by atoms with Crippen molar-refractivity contribution in [2.24, 2.45) is 0 Å². The van der Waals surface area contributed by atoms with E-state index in [1.165, 1.54) is 0 Å². The molecule has 6 nitrogen and oxygen atoms in total. The molecule has 0 bridgehead atoms. The topological polar surface area (TPSA) is 84.2 Å². The number of benzene rings is 1. The van der Waals surface area contributed by atoms with Gasteiger partial charge in [0, 0.05) is 6.42 Å². The minimum absolute atomic E-state index is 0.226. The summed E-state index contributed by atoms with van der Waals surface area (Å²) < 4.78 is 44.3. The summed E-state index contributed by atoms with van der Waals surface area (Å²) in [5, 5.41) is 8.04. The third-order valence-electron chi connectivity index (χ3n) is 3.20. The smallest absolute Gasteiger partial charge is 0.257 e. The highest BCUT2D eigenvalue weighted by atomic mass is 19.2. The van der Waals surface area contributed by atoms with Crippen LogP contribution >= 0.6 is 0 Å². The lowest BCUT2D eigenvalue weighted by atomic mass is 10.1. The van der Waals surface area contributed by atoms with Crippen LogP contribution < -0.4 is 10.6 Å². The first-order valence-electron chi connectivity index (χ1n) is 7.01. The van der Waals surface area contributed by atoms with Crippen molar-refractivity contribution in [1.29, 1.82) is 0 Å². The maximum absolute atomic E-state index is 13.5. The molecule has 1 heterocycles. The zero-order valence-corrected chi connectivity index (χ0v) is 12.9. The Balaban J connectivity index is 2.00. The Morgan fingerprint density at radius 3 is 2.58 bits per heavy atom. The highest BCUT2D eigenvalue weighted by Crippen LogP contribution is 2.19. The maximum atomic E-state index is 13.5. The van der Waals surface area contributed by atoms with Gasteiger partial charge in [-0.1, -0.05) is 12.1 Å². The maximum Gasteiger partial charge on any atom is 0.257 e. The van der Waals surface area contributed by atoms with Crippen molar-refractivity contribution in [3.8, 4) is 0 Å². The zero-order valence-electron chi connectivity index (χ0n) is 12.9. The van der Waals surface area contributed by atoms with E-state index < -0.39 is 41.5 Å². The number of aromatic nitrogens is 1. The van der Waals surface area contributed by atoms with E-state index in [0.717, 1.165) is 6.07 Å². The quantitative estimate of drug-likeness (QED) is 0.818. The Bertz CT molecular complexity index is 790. The minimum atomic E-state index is -1.69. The zero-order chi connectivity index (χ0) is 17.9. The summed E-state index contributed by atoms with van der Waals surface area (Å²) in [4.78, 5) is 23.8.